The zero-order valence-electron chi connectivity index (χ0n) is 10.2. The molecule has 0 spiro atoms. The summed E-state index contributed by atoms with van der Waals surface area (Å²) in [6, 6.07) is 5.06. The monoisotopic (exact) mass is 218 g/mol. The summed E-state index contributed by atoms with van der Waals surface area (Å²) in [4.78, 5) is 4.06. The van der Waals surface area contributed by atoms with E-state index in [4.69, 9.17) is 0 Å². The molecule has 0 aromatic carbocycles. The molecule has 1 aromatic rings. The van der Waals surface area contributed by atoms with Gasteiger partial charge in [-0.3, -0.25) is 4.98 Å². The molecule has 2 unspecified atom stereocenters. The number of nitrogens with zero attached hydrogens (tertiary/aromatic N) is 1. The molecular weight excluding hydrogens is 196 g/mol. The summed E-state index contributed by atoms with van der Waals surface area (Å²) in [5.74, 6) is 0.872. The molecule has 0 bridgehead atoms. The minimum atomic E-state index is 0.770. The largest absolute Gasteiger partial charge is 0.314 e. The van der Waals surface area contributed by atoms with Crippen LogP contribution in [-0.2, 0) is 6.42 Å². The second-order valence-electron chi connectivity index (χ2n) is 4.89. The van der Waals surface area contributed by atoms with Gasteiger partial charge in [0.2, 0.25) is 0 Å². The normalized spacial score (nSPS) is 24.8. The van der Waals surface area contributed by atoms with Gasteiger partial charge in [0, 0.05) is 18.4 Å². The van der Waals surface area contributed by atoms with Crippen LogP contribution in [0.15, 0.2) is 24.5 Å². The van der Waals surface area contributed by atoms with Crippen LogP contribution < -0.4 is 5.32 Å². The highest BCUT2D eigenvalue weighted by molar-refractivity contribution is 5.11. The van der Waals surface area contributed by atoms with E-state index in [2.05, 4.69) is 29.4 Å². The molecule has 1 aliphatic carbocycles. The standard InChI is InChI=1S/C14H22N2/c1-2-7-16-14-4-3-13(11-14)10-12-5-8-15-9-6-12/h5-6,8-9,13-14,16H,2-4,7,10-11H2,1H3. The molecule has 1 saturated carbocycles. The van der Waals surface area contributed by atoms with Crippen LogP contribution in [0.5, 0.6) is 0 Å². The molecule has 2 heteroatoms. The Balaban J connectivity index is 1.76. The Labute approximate surface area is 98.5 Å². The molecule has 2 rings (SSSR count). The fraction of sp³-hybridized carbons (Fsp3) is 0.643. The van der Waals surface area contributed by atoms with E-state index in [-0.39, 0.29) is 0 Å². The van der Waals surface area contributed by atoms with Crippen molar-refractivity contribution in [3.63, 3.8) is 0 Å². The summed E-state index contributed by atoms with van der Waals surface area (Å²) in [5, 5.41) is 3.63. The zero-order valence-corrected chi connectivity index (χ0v) is 10.2. The Hall–Kier alpha value is -0.890. The lowest BCUT2D eigenvalue weighted by molar-refractivity contribution is 0.484. The molecule has 1 aliphatic rings. The quantitative estimate of drug-likeness (QED) is 0.822. The highest BCUT2D eigenvalue weighted by Gasteiger charge is 2.23. The van der Waals surface area contributed by atoms with E-state index in [1.807, 2.05) is 12.4 Å². The van der Waals surface area contributed by atoms with Gasteiger partial charge in [-0.1, -0.05) is 6.92 Å². The third kappa shape index (κ3) is 3.31. The van der Waals surface area contributed by atoms with Crippen molar-refractivity contribution in [3.05, 3.63) is 30.1 Å². The first-order valence-electron chi connectivity index (χ1n) is 6.50. The molecular formula is C14H22N2. The highest BCUT2D eigenvalue weighted by Crippen LogP contribution is 2.28. The molecule has 1 heterocycles. The maximum atomic E-state index is 4.06. The fourth-order valence-electron chi connectivity index (χ4n) is 2.65. The van der Waals surface area contributed by atoms with Gasteiger partial charge >= 0.3 is 0 Å². The summed E-state index contributed by atoms with van der Waals surface area (Å²) in [7, 11) is 0. The summed E-state index contributed by atoms with van der Waals surface area (Å²) in [6.45, 7) is 3.41. The van der Waals surface area contributed by atoms with Crippen molar-refractivity contribution in [2.75, 3.05) is 6.54 Å². The van der Waals surface area contributed by atoms with Crippen molar-refractivity contribution in [1.82, 2.24) is 10.3 Å². The molecule has 16 heavy (non-hydrogen) atoms. The van der Waals surface area contributed by atoms with E-state index in [1.54, 1.807) is 0 Å². The Morgan fingerprint density at radius 3 is 2.88 bits per heavy atom. The van der Waals surface area contributed by atoms with Crippen molar-refractivity contribution < 1.29 is 0 Å². The van der Waals surface area contributed by atoms with Crippen molar-refractivity contribution >= 4 is 0 Å². The molecule has 1 N–H and O–H groups in total. The number of rotatable bonds is 5. The summed E-state index contributed by atoms with van der Waals surface area (Å²) < 4.78 is 0. The van der Waals surface area contributed by atoms with Gasteiger partial charge in [0.1, 0.15) is 0 Å². The van der Waals surface area contributed by atoms with Crippen LogP contribution in [0.2, 0.25) is 0 Å². The highest BCUT2D eigenvalue weighted by atomic mass is 14.9. The van der Waals surface area contributed by atoms with Gasteiger partial charge in [-0.05, 0) is 62.3 Å². The smallest absolute Gasteiger partial charge is 0.0270 e. The number of aromatic nitrogens is 1. The molecule has 0 aliphatic heterocycles. The van der Waals surface area contributed by atoms with Crippen LogP contribution in [0.3, 0.4) is 0 Å². The number of nitrogens with one attached hydrogen (secondary N) is 1. The van der Waals surface area contributed by atoms with Gasteiger partial charge in [0.05, 0.1) is 0 Å². The lowest BCUT2D eigenvalue weighted by atomic mass is 9.98. The third-order valence-corrected chi connectivity index (χ3v) is 3.50. The maximum Gasteiger partial charge on any atom is 0.0270 e. The SMILES string of the molecule is CCCNC1CCC(Cc2ccncc2)C1. The predicted octanol–water partition coefficient (Wildman–Crippen LogP) is 2.79. The average molecular weight is 218 g/mol. The van der Waals surface area contributed by atoms with E-state index < -0.39 is 0 Å². The topological polar surface area (TPSA) is 24.9 Å². The average Bonchev–Trinajstić information content (AvgIpc) is 2.75. The van der Waals surface area contributed by atoms with E-state index in [0.29, 0.717) is 0 Å². The second-order valence-corrected chi connectivity index (χ2v) is 4.89. The Morgan fingerprint density at radius 1 is 1.31 bits per heavy atom. The molecule has 2 atom stereocenters. The van der Waals surface area contributed by atoms with Crippen LogP contribution in [0, 0.1) is 5.92 Å². The van der Waals surface area contributed by atoms with Gasteiger partial charge < -0.3 is 5.32 Å². The zero-order chi connectivity index (χ0) is 11.2. The lowest BCUT2D eigenvalue weighted by Gasteiger charge is -2.12. The van der Waals surface area contributed by atoms with Gasteiger partial charge in [-0.25, -0.2) is 0 Å². The minimum Gasteiger partial charge on any atom is -0.314 e. The number of pyridine rings is 1. The Morgan fingerprint density at radius 2 is 2.12 bits per heavy atom. The van der Waals surface area contributed by atoms with Crippen molar-refractivity contribution in [2.45, 2.75) is 45.1 Å². The van der Waals surface area contributed by atoms with Crippen LogP contribution in [0.1, 0.15) is 38.2 Å². The molecule has 0 saturated heterocycles. The van der Waals surface area contributed by atoms with Gasteiger partial charge in [-0.15, -0.1) is 0 Å². The lowest BCUT2D eigenvalue weighted by Crippen LogP contribution is -2.27. The third-order valence-electron chi connectivity index (χ3n) is 3.50. The first kappa shape index (κ1) is 11.6. The maximum absolute atomic E-state index is 4.06. The molecule has 88 valence electrons. The van der Waals surface area contributed by atoms with Gasteiger partial charge in [0.25, 0.3) is 0 Å². The molecule has 1 fully saturated rings. The van der Waals surface area contributed by atoms with E-state index in [0.717, 1.165) is 12.0 Å². The number of hydrogen-bond acceptors (Lipinski definition) is 2. The van der Waals surface area contributed by atoms with Crippen LogP contribution >= 0.6 is 0 Å². The number of hydrogen-bond donors (Lipinski definition) is 1. The second kappa shape index (κ2) is 6.00. The van der Waals surface area contributed by atoms with Crippen LogP contribution in [0.25, 0.3) is 0 Å². The molecule has 2 nitrogen and oxygen atoms in total. The summed E-state index contributed by atoms with van der Waals surface area (Å²) >= 11 is 0. The van der Waals surface area contributed by atoms with Crippen molar-refractivity contribution in [2.24, 2.45) is 5.92 Å². The Bertz CT molecular complexity index is 297. The molecule has 0 amide bonds. The van der Waals surface area contributed by atoms with Crippen LogP contribution in [0.4, 0.5) is 0 Å². The fourth-order valence-corrected chi connectivity index (χ4v) is 2.65. The van der Waals surface area contributed by atoms with Crippen LogP contribution in [-0.4, -0.2) is 17.6 Å². The van der Waals surface area contributed by atoms with E-state index in [1.165, 1.54) is 44.2 Å². The summed E-state index contributed by atoms with van der Waals surface area (Å²) in [5.41, 5.74) is 1.44. The van der Waals surface area contributed by atoms with Crippen molar-refractivity contribution in [3.8, 4) is 0 Å². The first-order chi connectivity index (χ1) is 7.88. The first-order valence-corrected chi connectivity index (χ1v) is 6.50. The van der Waals surface area contributed by atoms with Crippen molar-refractivity contribution in [1.29, 1.82) is 0 Å². The minimum absolute atomic E-state index is 0.770. The van der Waals surface area contributed by atoms with Gasteiger partial charge in [-0.2, -0.15) is 0 Å². The van der Waals surface area contributed by atoms with E-state index in [9.17, 15) is 0 Å². The molecule has 0 radical (unpaired) electrons. The van der Waals surface area contributed by atoms with E-state index >= 15 is 0 Å². The Kier molecular flexibility index (Phi) is 4.34. The predicted molar refractivity (Wildman–Crippen MR) is 67.4 cm³/mol. The summed E-state index contributed by atoms with van der Waals surface area (Å²) in [6.07, 6.45) is 10.4. The van der Waals surface area contributed by atoms with Gasteiger partial charge in [0.15, 0.2) is 0 Å². The molecule has 1 aromatic heterocycles.